The Hall–Kier alpha value is -1.97. The van der Waals surface area contributed by atoms with Crippen molar-refractivity contribution in [3.63, 3.8) is 0 Å². The van der Waals surface area contributed by atoms with Gasteiger partial charge >= 0.3 is 0 Å². The fourth-order valence-corrected chi connectivity index (χ4v) is 1.93. The summed E-state index contributed by atoms with van der Waals surface area (Å²) in [4.78, 5) is 21.6. The minimum absolute atomic E-state index is 0.0244. The zero-order chi connectivity index (χ0) is 10.4. The van der Waals surface area contributed by atoms with Gasteiger partial charge in [0.1, 0.15) is 6.67 Å². The Kier molecular flexibility index (Phi) is 1.54. The summed E-state index contributed by atoms with van der Waals surface area (Å²) >= 11 is 0. The summed E-state index contributed by atoms with van der Waals surface area (Å²) in [6.07, 6.45) is 3.69. The number of amides is 1. The fraction of sp³-hybridized carbons (Fsp3) is 0.182. The first-order valence-corrected chi connectivity index (χ1v) is 4.77. The summed E-state index contributed by atoms with van der Waals surface area (Å²) in [6, 6.07) is 3.83. The molecule has 0 spiro atoms. The van der Waals surface area contributed by atoms with Crippen molar-refractivity contribution in [2.75, 3.05) is 11.6 Å². The Labute approximate surface area is 86.3 Å². The van der Waals surface area contributed by atoms with E-state index in [0.717, 1.165) is 22.0 Å². The number of carbonyl (C=O) groups excluding carboxylic acids is 1. The van der Waals surface area contributed by atoms with Gasteiger partial charge in [-0.2, -0.15) is 0 Å². The smallest absolute Gasteiger partial charge is 0.225 e. The van der Waals surface area contributed by atoms with Crippen LogP contribution in [0, 0.1) is 0 Å². The molecule has 74 valence electrons. The van der Waals surface area contributed by atoms with Crippen molar-refractivity contribution < 1.29 is 4.79 Å². The van der Waals surface area contributed by atoms with E-state index in [1.165, 1.54) is 0 Å². The molecular formula is C11H9N3O. The van der Waals surface area contributed by atoms with Crippen molar-refractivity contribution in [1.82, 2.24) is 0 Å². The van der Waals surface area contributed by atoms with Gasteiger partial charge in [-0.1, -0.05) is 0 Å². The number of hydrogen-bond donors (Lipinski definition) is 0. The lowest BCUT2D eigenvalue weighted by molar-refractivity contribution is -0.116. The Balaban J connectivity index is 2.30. The van der Waals surface area contributed by atoms with E-state index < -0.39 is 0 Å². The van der Waals surface area contributed by atoms with Crippen LogP contribution in [0.4, 0.5) is 11.4 Å². The van der Waals surface area contributed by atoms with Crippen LogP contribution in [0.3, 0.4) is 0 Å². The Bertz CT molecular complexity index is 601. The maximum absolute atomic E-state index is 11.3. The number of benzene rings is 1. The van der Waals surface area contributed by atoms with E-state index in [2.05, 4.69) is 9.98 Å². The van der Waals surface area contributed by atoms with E-state index in [9.17, 15) is 4.79 Å². The van der Waals surface area contributed by atoms with E-state index >= 15 is 0 Å². The molecule has 0 saturated heterocycles. The molecule has 3 rings (SSSR count). The van der Waals surface area contributed by atoms with Gasteiger partial charge in [0.25, 0.3) is 0 Å². The van der Waals surface area contributed by atoms with E-state index in [1.807, 2.05) is 18.2 Å². The minimum Gasteiger partial charge on any atom is -0.290 e. The highest BCUT2D eigenvalue weighted by Gasteiger charge is 2.19. The average molecular weight is 199 g/mol. The average Bonchev–Trinajstić information content (AvgIpc) is 2.82. The van der Waals surface area contributed by atoms with Gasteiger partial charge in [0.15, 0.2) is 0 Å². The fourth-order valence-electron chi connectivity index (χ4n) is 1.93. The van der Waals surface area contributed by atoms with Crippen LogP contribution in [0.5, 0.6) is 0 Å². The molecule has 1 amide bonds. The number of aliphatic imine (C=N–C) groups is 1. The molecule has 0 saturated carbocycles. The van der Waals surface area contributed by atoms with Crippen LogP contribution in [-0.4, -0.2) is 18.8 Å². The molecule has 0 radical (unpaired) electrons. The SMILES string of the molecule is CC(=O)N1CN=c2c1ccc1c2=CC=N1. The van der Waals surface area contributed by atoms with Gasteiger partial charge in [0, 0.05) is 18.4 Å². The van der Waals surface area contributed by atoms with Crippen molar-refractivity contribution >= 4 is 29.6 Å². The van der Waals surface area contributed by atoms with Gasteiger partial charge in [-0.15, -0.1) is 0 Å². The molecule has 0 aromatic heterocycles. The summed E-state index contributed by atoms with van der Waals surface area (Å²) in [5.41, 5.74) is 1.82. The highest BCUT2D eigenvalue weighted by atomic mass is 16.2. The molecule has 0 atom stereocenters. The van der Waals surface area contributed by atoms with E-state index in [4.69, 9.17) is 0 Å². The third kappa shape index (κ3) is 1.05. The Morgan fingerprint density at radius 1 is 1.47 bits per heavy atom. The minimum atomic E-state index is 0.0244. The maximum Gasteiger partial charge on any atom is 0.225 e. The van der Waals surface area contributed by atoms with E-state index in [-0.39, 0.29) is 5.91 Å². The largest absolute Gasteiger partial charge is 0.290 e. The molecular weight excluding hydrogens is 190 g/mol. The number of fused-ring (bicyclic) bond motifs is 3. The Morgan fingerprint density at radius 3 is 3.13 bits per heavy atom. The molecule has 2 heterocycles. The monoisotopic (exact) mass is 199 g/mol. The second-order valence-electron chi connectivity index (χ2n) is 3.56. The van der Waals surface area contributed by atoms with Crippen LogP contribution in [0.1, 0.15) is 6.92 Å². The van der Waals surface area contributed by atoms with E-state index in [1.54, 1.807) is 18.0 Å². The normalized spacial score (nSPS) is 15.7. The first kappa shape index (κ1) is 8.35. The first-order chi connectivity index (χ1) is 7.27. The molecule has 4 nitrogen and oxygen atoms in total. The van der Waals surface area contributed by atoms with Crippen LogP contribution in [0.25, 0.3) is 6.08 Å². The third-order valence-electron chi connectivity index (χ3n) is 2.67. The van der Waals surface area contributed by atoms with Crippen LogP contribution < -0.4 is 15.5 Å². The van der Waals surface area contributed by atoms with Crippen molar-refractivity contribution in [1.29, 1.82) is 0 Å². The van der Waals surface area contributed by atoms with Gasteiger partial charge in [-0.3, -0.25) is 19.7 Å². The van der Waals surface area contributed by atoms with Gasteiger partial charge in [0.05, 0.1) is 16.7 Å². The predicted molar refractivity (Wildman–Crippen MR) is 57.9 cm³/mol. The molecule has 0 unspecified atom stereocenters. The number of carbonyl (C=O) groups is 1. The molecule has 4 heteroatoms. The first-order valence-electron chi connectivity index (χ1n) is 4.77. The lowest BCUT2D eigenvalue weighted by atomic mass is 10.2. The second-order valence-corrected chi connectivity index (χ2v) is 3.56. The van der Waals surface area contributed by atoms with Gasteiger partial charge in [0.2, 0.25) is 5.91 Å². The summed E-state index contributed by atoms with van der Waals surface area (Å²) < 4.78 is 0. The molecule has 0 aliphatic carbocycles. The van der Waals surface area contributed by atoms with Crippen LogP contribution in [-0.2, 0) is 4.79 Å². The van der Waals surface area contributed by atoms with Gasteiger partial charge in [-0.25, -0.2) is 0 Å². The van der Waals surface area contributed by atoms with E-state index in [0.29, 0.717) is 6.67 Å². The molecule has 1 aromatic carbocycles. The third-order valence-corrected chi connectivity index (χ3v) is 2.67. The molecule has 0 bridgehead atoms. The molecule has 1 aromatic rings. The maximum atomic E-state index is 11.3. The van der Waals surface area contributed by atoms with Crippen molar-refractivity contribution in [3.8, 4) is 0 Å². The number of rotatable bonds is 0. The van der Waals surface area contributed by atoms with Gasteiger partial charge < -0.3 is 0 Å². The zero-order valence-electron chi connectivity index (χ0n) is 8.27. The van der Waals surface area contributed by atoms with Crippen LogP contribution >= 0.6 is 0 Å². The van der Waals surface area contributed by atoms with Crippen molar-refractivity contribution in [3.05, 3.63) is 22.7 Å². The highest BCUT2D eigenvalue weighted by molar-refractivity contribution is 5.98. The lowest BCUT2D eigenvalue weighted by Gasteiger charge is -2.12. The molecule has 0 N–H and O–H groups in total. The number of nitrogens with zero attached hydrogens (tertiary/aromatic N) is 3. The lowest BCUT2D eigenvalue weighted by Crippen LogP contribution is -2.30. The standard InChI is InChI=1S/C11H9N3O/c1-7(15)14-6-13-11-8-4-5-12-9(8)2-3-10(11)14/h2-5H,6H2,1H3. The molecule has 15 heavy (non-hydrogen) atoms. The predicted octanol–water partition coefficient (Wildman–Crippen LogP) is 0.127. The molecule has 2 aliphatic rings. The van der Waals surface area contributed by atoms with Crippen molar-refractivity contribution in [2.45, 2.75) is 6.92 Å². The molecule has 2 aliphatic heterocycles. The summed E-state index contributed by atoms with van der Waals surface area (Å²) in [7, 11) is 0. The molecule has 0 fully saturated rings. The summed E-state index contributed by atoms with van der Waals surface area (Å²) in [5, 5.41) is 1.91. The van der Waals surface area contributed by atoms with Crippen molar-refractivity contribution in [2.24, 2.45) is 9.98 Å². The Morgan fingerprint density at radius 2 is 2.33 bits per heavy atom. The van der Waals surface area contributed by atoms with Gasteiger partial charge in [-0.05, 0) is 18.2 Å². The zero-order valence-corrected chi connectivity index (χ0v) is 8.27. The number of hydrogen-bond acceptors (Lipinski definition) is 3. The summed E-state index contributed by atoms with van der Waals surface area (Å²) in [5.74, 6) is 0.0244. The van der Waals surface area contributed by atoms with Crippen LogP contribution in [0.15, 0.2) is 22.1 Å². The topological polar surface area (TPSA) is 45.0 Å². The highest BCUT2D eigenvalue weighted by Crippen LogP contribution is 2.16. The van der Waals surface area contributed by atoms with Crippen LogP contribution in [0.2, 0.25) is 0 Å². The quantitative estimate of drug-likeness (QED) is 0.585. The second kappa shape index (κ2) is 2.76. The summed E-state index contributed by atoms with van der Waals surface area (Å²) in [6.45, 7) is 1.98. The number of anilines is 1.